The number of piperidine rings is 1. The van der Waals surface area contributed by atoms with Gasteiger partial charge < -0.3 is 5.32 Å². The first kappa shape index (κ1) is 19.3. The van der Waals surface area contributed by atoms with Crippen molar-refractivity contribution in [3.63, 3.8) is 0 Å². The van der Waals surface area contributed by atoms with Crippen molar-refractivity contribution in [2.75, 3.05) is 26.2 Å². The van der Waals surface area contributed by atoms with E-state index in [1.165, 1.54) is 37.2 Å². The zero-order chi connectivity index (χ0) is 17.3. The Morgan fingerprint density at radius 1 is 1.15 bits per heavy atom. The normalized spacial score (nSPS) is 19.4. The summed E-state index contributed by atoms with van der Waals surface area (Å²) in [5.41, 5.74) is 1.43. The molecule has 2 aliphatic heterocycles. The molecule has 0 aliphatic carbocycles. The highest BCUT2D eigenvalue weighted by Gasteiger charge is 2.38. The molecule has 7 heteroatoms. The van der Waals surface area contributed by atoms with Crippen molar-refractivity contribution in [3.8, 4) is 10.4 Å². The highest BCUT2D eigenvalue weighted by molar-refractivity contribution is 7.15. The molecule has 5 nitrogen and oxygen atoms in total. The van der Waals surface area contributed by atoms with E-state index in [4.69, 9.17) is 0 Å². The van der Waals surface area contributed by atoms with E-state index in [9.17, 15) is 10.1 Å². The second-order valence-corrected chi connectivity index (χ2v) is 8.42. The molecule has 2 saturated heterocycles. The predicted molar refractivity (Wildman–Crippen MR) is 108 cm³/mol. The molecule has 0 radical (unpaired) electrons. The quantitative estimate of drug-likeness (QED) is 0.620. The Hall–Kier alpha value is -1.47. The lowest BCUT2D eigenvalue weighted by atomic mass is 9.78. The van der Waals surface area contributed by atoms with Crippen LogP contribution in [-0.4, -0.2) is 36.0 Å². The van der Waals surface area contributed by atoms with Crippen LogP contribution in [0.4, 0.5) is 5.69 Å². The highest BCUT2D eigenvalue weighted by Crippen LogP contribution is 2.40. The van der Waals surface area contributed by atoms with E-state index in [0.29, 0.717) is 5.41 Å². The Balaban J connectivity index is 0.00000196. The van der Waals surface area contributed by atoms with Crippen molar-refractivity contribution in [1.82, 2.24) is 10.2 Å². The van der Waals surface area contributed by atoms with Gasteiger partial charge in [-0.2, -0.15) is 0 Å². The molecule has 3 heterocycles. The molecule has 2 aliphatic rings. The van der Waals surface area contributed by atoms with Crippen molar-refractivity contribution in [1.29, 1.82) is 0 Å². The maximum absolute atomic E-state index is 11.2. The molecule has 1 N–H and O–H groups in total. The smallest absolute Gasteiger partial charge is 0.278 e. The van der Waals surface area contributed by atoms with Crippen LogP contribution in [-0.2, 0) is 6.54 Å². The summed E-state index contributed by atoms with van der Waals surface area (Å²) in [6, 6.07) is 11.2. The van der Waals surface area contributed by atoms with Gasteiger partial charge in [0.2, 0.25) is 0 Å². The predicted octanol–water partition coefficient (Wildman–Crippen LogP) is 4.32. The number of nitro groups is 1. The van der Waals surface area contributed by atoms with Gasteiger partial charge in [-0.1, -0.05) is 12.1 Å². The minimum Gasteiger partial charge on any atom is -0.317 e. The summed E-state index contributed by atoms with van der Waals surface area (Å²) in [6.45, 7) is 5.61. The van der Waals surface area contributed by atoms with Gasteiger partial charge in [-0.25, -0.2) is 0 Å². The average molecular weight is 394 g/mol. The number of nitrogens with zero attached hydrogens (tertiary/aromatic N) is 2. The lowest BCUT2D eigenvalue weighted by Gasteiger charge is -2.33. The molecular formula is C19H24ClN3O2S. The monoisotopic (exact) mass is 393 g/mol. The number of nitrogens with one attached hydrogen (secondary N) is 1. The molecular weight excluding hydrogens is 370 g/mol. The summed E-state index contributed by atoms with van der Waals surface area (Å²) in [5, 5.41) is 14.7. The highest BCUT2D eigenvalue weighted by atomic mass is 35.5. The Morgan fingerprint density at radius 3 is 2.69 bits per heavy atom. The fourth-order valence-electron chi connectivity index (χ4n) is 4.20. The van der Waals surface area contributed by atoms with Crippen LogP contribution >= 0.6 is 23.7 Å². The lowest BCUT2D eigenvalue weighted by molar-refractivity contribution is -0.384. The molecule has 0 atom stereocenters. The van der Waals surface area contributed by atoms with E-state index in [0.717, 1.165) is 30.1 Å². The fourth-order valence-corrected chi connectivity index (χ4v) is 5.28. The average Bonchev–Trinajstić information content (AvgIpc) is 3.23. The molecule has 1 aromatic heterocycles. The van der Waals surface area contributed by atoms with E-state index in [-0.39, 0.29) is 23.0 Å². The maximum atomic E-state index is 11.2. The molecule has 140 valence electrons. The lowest BCUT2D eigenvalue weighted by Crippen LogP contribution is -2.38. The molecule has 0 bridgehead atoms. The van der Waals surface area contributed by atoms with E-state index in [1.807, 2.05) is 18.2 Å². The van der Waals surface area contributed by atoms with Crippen molar-refractivity contribution in [2.24, 2.45) is 5.41 Å². The van der Waals surface area contributed by atoms with Crippen LogP contribution in [0.2, 0.25) is 0 Å². The van der Waals surface area contributed by atoms with Gasteiger partial charge in [-0.15, -0.1) is 23.7 Å². The standard InChI is InChI=1S/C19H23N3O2S.ClH/c23-22(24)17-4-2-1-3-16(17)18-6-5-15(25-18)13-21-12-9-19(14-21)7-10-20-11-8-19;/h1-6,20H,7-14H2;1H. The van der Waals surface area contributed by atoms with Crippen molar-refractivity contribution in [2.45, 2.75) is 25.8 Å². The summed E-state index contributed by atoms with van der Waals surface area (Å²) in [7, 11) is 0. The molecule has 0 unspecified atom stereocenters. The molecule has 1 aromatic carbocycles. The van der Waals surface area contributed by atoms with Crippen LogP contribution in [0.1, 0.15) is 24.1 Å². The van der Waals surface area contributed by atoms with Crippen LogP contribution < -0.4 is 5.32 Å². The third-order valence-electron chi connectivity index (χ3n) is 5.59. The number of para-hydroxylation sites is 1. The number of nitro benzene ring substituents is 1. The zero-order valence-corrected chi connectivity index (χ0v) is 16.3. The fraction of sp³-hybridized carbons (Fsp3) is 0.474. The first-order valence-corrected chi connectivity index (χ1v) is 9.73. The topological polar surface area (TPSA) is 58.4 Å². The van der Waals surface area contributed by atoms with Crippen LogP contribution in [0, 0.1) is 15.5 Å². The van der Waals surface area contributed by atoms with Crippen molar-refractivity contribution < 1.29 is 4.92 Å². The SMILES string of the molecule is Cl.O=[N+]([O-])c1ccccc1-c1ccc(CN2CCC3(CCNCC3)C2)s1. The van der Waals surface area contributed by atoms with Gasteiger partial charge in [0.1, 0.15) is 0 Å². The Morgan fingerprint density at radius 2 is 1.92 bits per heavy atom. The number of thiophene rings is 1. The van der Waals surface area contributed by atoms with E-state index in [2.05, 4.69) is 16.3 Å². The Labute approximate surface area is 164 Å². The first-order chi connectivity index (χ1) is 12.2. The van der Waals surface area contributed by atoms with Crippen LogP contribution in [0.3, 0.4) is 0 Å². The second kappa shape index (κ2) is 8.05. The molecule has 0 saturated carbocycles. The second-order valence-electron chi connectivity index (χ2n) is 7.25. The van der Waals surface area contributed by atoms with Gasteiger partial charge in [-0.3, -0.25) is 15.0 Å². The number of benzene rings is 1. The number of rotatable bonds is 4. The van der Waals surface area contributed by atoms with Crippen molar-refractivity contribution >= 4 is 29.4 Å². The summed E-state index contributed by atoms with van der Waals surface area (Å²) >= 11 is 1.68. The van der Waals surface area contributed by atoms with Gasteiger partial charge in [-0.05, 0) is 62.5 Å². The number of hydrogen-bond acceptors (Lipinski definition) is 5. The number of likely N-dealkylation sites (tertiary alicyclic amines) is 1. The largest absolute Gasteiger partial charge is 0.317 e. The zero-order valence-electron chi connectivity index (χ0n) is 14.6. The third kappa shape index (κ3) is 3.93. The molecule has 0 amide bonds. The van der Waals surface area contributed by atoms with E-state index in [1.54, 1.807) is 23.5 Å². The summed E-state index contributed by atoms with van der Waals surface area (Å²) in [5.74, 6) is 0. The maximum Gasteiger partial charge on any atom is 0.278 e. The van der Waals surface area contributed by atoms with Gasteiger partial charge in [0.05, 0.1) is 10.5 Å². The number of halogens is 1. The van der Waals surface area contributed by atoms with Gasteiger partial charge in [0.15, 0.2) is 0 Å². The van der Waals surface area contributed by atoms with E-state index < -0.39 is 0 Å². The van der Waals surface area contributed by atoms with Gasteiger partial charge >= 0.3 is 0 Å². The molecule has 1 spiro atoms. The Bertz CT molecular complexity index is 774. The van der Waals surface area contributed by atoms with Crippen LogP contribution in [0.25, 0.3) is 10.4 Å². The van der Waals surface area contributed by atoms with Crippen LogP contribution in [0.15, 0.2) is 36.4 Å². The van der Waals surface area contributed by atoms with E-state index >= 15 is 0 Å². The van der Waals surface area contributed by atoms with Gasteiger partial charge in [0.25, 0.3) is 5.69 Å². The molecule has 2 aromatic rings. The molecule has 2 fully saturated rings. The molecule has 26 heavy (non-hydrogen) atoms. The van der Waals surface area contributed by atoms with Crippen LogP contribution in [0.5, 0.6) is 0 Å². The summed E-state index contributed by atoms with van der Waals surface area (Å²) < 4.78 is 0. The minimum atomic E-state index is -0.296. The van der Waals surface area contributed by atoms with Crippen molar-refractivity contribution in [3.05, 3.63) is 51.4 Å². The minimum absolute atomic E-state index is 0. The summed E-state index contributed by atoms with van der Waals surface area (Å²) in [6.07, 6.45) is 3.88. The Kier molecular flexibility index (Phi) is 5.97. The van der Waals surface area contributed by atoms with Gasteiger partial charge in [0, 0.05) is 28.9 Å². The number of hydrogen-bond donors (Lipinski definition) is 1. The first-order valence-electron chi connectivity index (χ1n) is 8.91. The summed E-state index contributed by atoms with van der Waals surface area (Å²) in [4.78, 5) is 15.8. The molecule has 4 rings (SSSR count). The third-order valence-corrected chi connectivity index (χ3v) is 6.69.